The maximum Gasteiger partial charge on any atom is 0.193 e. The van der Waals surface area contributed by atoms with Crippen LogP contribution in [-0.2, 0) is 19.4 Å². The van der Waals surface area contributed by atoms with Crippen LogP contribution in [0.25, 0.3) is 5.65 Å². The third-order valence-corrected chi connectivity index (χ3v) is 4.41. The standard InChI is InChI=1S/C20H25N5.HI/c1-4-15-9-7-10-16(5-2)19(15)24-20(21)22-12-17-13-25-14(3)8-6-11-18(25)23-17;/h6-11,13H,4-5,12H2,1-3H3,(H3,21,22,24);1H. The average molecular weight is 463 g/mol. The lowest BCUT2D eigenvalue weighted by atomic mass is 10.0. The summed E-state index contributed by atoms with van der Waals surface area (Å²) in [6.07, 6.45) is 3.92. The maximum atomic E-state index is 6.13. The zero-order valence-electron chi connectivity index (χ0n) is 15.5. The van der Waals surface area contributed by atoms with E-state index in [1.54, 1.807) is 0 Å². The molecule has 1 aromatic carbocycles. The largest absolute Gasteiger partial charge is 0.370 e. The van der Waals surface area contributed by atoms with Crippen LogP contribution >= 0.6 is 24.0 Å². The summed E-state index contributed by atoms with van der Waals surface area (Å²) in [6, 6.07) is 12.4. The van der Waals surface area contributed by atoms with E-state index >= 15 is 0 Å². The minimum atomic E-state index is 0. The summed E-state index contributed by atoms with van der Waals surface area (Å²) < 4.78 is 2.07. The summed E-state index contributed by atoms with van der Waals surface area (Å²) in [4.78, 5) is 9.07. The van der Waals surface area contributed by atoms with Gasteiger partial charge in [-0.25, -0.2) is 9.98 Å². The SMILES string of the molecule is CCc1cccc(CC)c1NC(N)=NCc1cn2c(C)cccc2n1.I. The molecule has 2 heterocycles. The van der Waals surface area contributed by atoms with Crippen molar-refractivity contribution in [3.05, 3.63) is 65.1 Å². The second kappa shape index (κ2) is 9.02. The highest BCUT2D eigenvalue weighted by Crippen LogP contribution is 2.22. The lowest BCUT2D eigenvalue weighted by molar-refractivity contribution is 1.00. The van der Waals surface area contributed by atoms with Crippen molar-refractivity contribution in [2.45, 2.75) is 40.2 Å². The van der Waals surface area contributed by atoms with E-state index in [-0.39, 0.29) is 24.0 Å². The Hall–Kier alpha value is -2.09. The van der Waals surface area contributed by atoms with Crippen molar-refractivity contribution in [3.63, 3.8) is 0 Å². The summed E-state index contributed by atoms with van der Waals surface area (Å²) in [5.74, 6) is 0.421. The normalized spacial score (nSPS) is 11.4. The number of imidazole rings is 1. The number of nitrogens with one attached hydrogen (secondary N) is 1. The van der Waals surface area contributed by atoms with E-state index in [0.29, 0.717) is 12.5 Å². The Morgan fingerprint density at radius 1 is 1.12 bits per heavy atom. The number of halogens is 1. The molecule has 0 radical (unpaired) electrons. The van der Waals surface area contributed by atoms with Crippen LogP contribution in [-0.4, -0.2) is 15.3 Å². The minimum absolute atomic E-state index is 0. The summed E-state index contributed by atoms with van der Waals surface area (Å²) >= 11 is 0. The van der Waals surface area contributed by atoms with Crippen LogP contribution in [0.3, 0.4) is 0 Å². The molecule has 0 fully saturated rings. The first-order valence-corrected chi connectivity index (χ1v) is 8.73. The number of aryl methyl sites for hydroxylation is 3. The summed E-state index contributed by atoms with van der Waals surface area (Å²) in [7, 11) is 0. The number of para-hydroxylation sites is 1. The first-order valence-electron chi connectivity index (χ1n) is 8.73. The second-order valence-electron chi connectivity index (χ2n) is 6.11. The van der Waals surface area contributed by atoms with Gasteiger partial charge in [-0.15, -0.1) is 24.0 Å². The number of nitrogens with zero attached hydrogens (tertiary/aromatic N) is 3. The Labute approximate surface area is 171 Å². The molecule has 3 rings (SSSR count). The third-order valence-electron chi connectivity index (χ3n) is 4.41. The van der Waals surface area contributed by atoms with Crippen LogP contribution in [0.2, 0.25) is 0 Å². The molecule has 3 N–H and O–H groups in total. The first-order chi connectivity index (χ1) is 12.1. The summed E-state index contributed by atoms with van der Waals surface area (Å²) in [6.45, 7) is 6.81. The Morgan fingerprint density at radius 2 is 1.77 bits per heavy atom. The van der Waals surface area contributed by atoms with Crippen LogP contribution in [0.1, 0.15) is 36.4 Å². The molecule has 0 amide bonds. The Balaban J connectivity index is 0.00000243. The third kappa shape index (κ3) is 4.35. The van der Waals surface area contributed by atoms with Gasteiger partial charge in [-0.1, -0.05) is 38.1 Å². The van der Waals surface area contributed by atoms with Crippen LogP contribution in [0.4, 0.5) is 5.69 Å². The smallest absolute Gasteiger partial charge is 0.193 e. The Bertz CT molecular complexity index is 891. The van der Waals surface area contributed by atoms with Crippen LogP contribution < -0.4 is 11.1 Å². The molecule has 26 heavy (non-hydrogen) atoms. The second-order valence-corrected chi connectivity index (χ2v) is 6.11. The predicted molar refractivity (Wildman–Crippen MR) is 119 cm³/mol. The van der Waals surface area contributed by atoms with Crippen molar-refractivity contribution in [1.82, 2.24) is 9.38 Å². The molecular weight excluding hydrogens is 437 g/mol. The van der Waals surface area contributed by atoms with E-state index in [2.05, 4.69) is 64.7 Å². The van der Waals surface area contributed by atoms with Crippen LogP contribution in [0.15, 0.2) is 47.6 Å². The number of hydrogen-bond acceptors (Lipinski definition) is 2. The van der Waals surface area contributed by atoms with E-state index in [4.69, 9.17) is 5.73 Å². The fraction of sp³-hybridized carbons (Fsp3) is 0.300. The number of rotatable bonds is 5. The molecule has 0 aliphatic heterocycles. The highest BCUT2D eigenvalue weighted by Gasteiger charge is 2.07. The molecule has 0 unspecified atom stereocenters. The van der Waals surface area contributed by atoms with Gasteiger partial charge in [0.25, 0.3) is 0 Å². The maximum absolute atomic E-state index is 6.13. The summed E-state index contributed by atoms with van der Waals surface area (Å²) in [5.41, 5.74) is 12.7. The molecule has 0 bridgehead atoms. The lowest BCUT2D eigenvalue weighted by Crippen LogP contribution is -2.24. The van der Waals surface area contributed by atoms with E-state index in [1.807, 2.05) is 18.3 Å². The first kappa shape index (κ1) is 20.2. The van der Waals surface area contributed by atoms with E-state index in [1.165, 1.54) is 11.1 Å². The molecule has 138 valence electrons. The number of anilines is 1. The zero-order chi connectivity index (χ0) is 17.8. The number of aromatic nitrogens is 2. The number of aliphatic imine (C=N–C) groups is 1. The van der Waals surface area contributed by atoms with Crippen molar-refractivity contribution in [2.75, 3.05) is 5.32 Å². The summed E-state index contributed by atoms with van der Waals surface area (Å²) in [5, 5.41) is 3.29. The van der Waals surface area contributed by atoms with Gasteiger partial charge in [0.2, 0.25) is 0 Å². The highest BCUT2D eigenvalue weighted by atomic mass is 127. The molecule has 2 aromatic heterocycles. The number of fused-ring (bicyclic) bond motifs is 1. The van der Waals surface area contributed by atoms with E-state index in [0.717, 1.165) is 35.6 Å². The van der Waals surface area contributed by atoms with Crippen molar-refractivity contribution in [3.8, 4) is 0 Å². The number of hydrogen-bond donors (Lipinski definition) is 2. The molecular formula is C20H26IN5. The molecule has 0 aliphatic carbocycles. The molecule has 6 heteroatoms. The fourth-order valence-electron chi connectivity index (χ4n) is 3.01. The molecule has 0 saturated carbocycles. The Kier molecular flexibility index (Phi) is 7.02. The molecule has 0 spiro atoms. The van der Waals surface area contributed by atoms with E-state index < -0.39 is 0 Å². The minimum Gasteiger partial charge on any atom is -0.370 e. The van der Waals surface area contributed by atoms with Gasteiger partial charge in [0, 0.05) is 17.6 Å². The number of nitrogens with two attached hydrogens (primary N) is 1. The van der Waals surface area contributed by atoms with Gasteiger partial charge >= 0.3 is 0 Å². The van der Waals surface area contributed by atoms with Crippen LogP contribution in [0.5, 0.6) is 0 Å². The molecule has 0 atom stereocenters. The van der Waals surface area contributed by atoms with Gasteiger partial charge in [-0.3, -0.25) is 0 Å². The quantitative estimate of drug-likeness (QED) is 0.337. The highest BCUT2D eigenvalue weighted by molar-refractivity contribution is 14.0. The van der Waals surface area contributed by atoms with Gasteiger partial charge < -0.3 is 15.5 Å². The van der Waals surface area contributed by atoms with Gasteiger partial charge in [0.05, 0.1) is 12.2 Å². The molecule has 3 aromatic rings. The Morgan fingerprint density at radius 3 is 2.38 bits per heavy atom. The van der Waals surface area contributed by atoms with Gasteiger partial charge in [0.1, 0.15) is 5.65 Å². The topological polar surface area (TPSA) is 67.7 Å². The van der Waals surface area contributed by atoms with Crippen molar-refractivity contribution in [2.24, 2.45) is 10.7 Å². The van der Waals surface area contributed by atoms with Gasteiger partial charge in [-0.05, 0) is 43.0 Å². The fourth-order valence-corrected chi connectivity index (χ4v) is 3.01. The van der Waals surface area contributed by atoms with Crippen molar-refractivity contribution in [1.29, 1.82) is 0 Å². The average Bonchev–Trinajstić information content (AvgIpc) is 3.05. The monoisotopic (exact) mass is 463 g/mol. The van der Waals surface area contributed by atoms with Gasteiger partial charge in [0.15, 0.2) is 5.96 Å². The molecule has 5 nitrogen and oxygen atoms in total. The zero-order valence-corrected chi connectivity index (χ0v) is 17.8. The van der Waals surface area contributed by atoms with Crippen molar-refractivity contribution < 1.29 is 0 Å². The number of pyridine rings is 1. The van der Waals surface area contributed by atoms with Gasteiger partial charge in [-0.2, -0.15) is 0 Å². The molecule has 0 aliphatic rings. The predicted octanol–water partition coefficient (Wildman–Crippen LogP) is 4.31. The lowest BCUT2D eigenvalue weighted by Gasteiger charge is -2.14. The molecule has 0 saturated heterocycles. The number of benzene rings is 1. The van der Waals surface area contributed by atoms with Crippen molar-refractivity contribution >= 4 is 41.3 Å². The van der Waals surface area contributed by atoms with Crippen LogP contribution in [0, 0.1) is 6.92 Å². The number of guanidine groups is 1. The van der Waals surface area contributed by atoms with E-state index in [9.17, 15) is 0 Å².